The Morgan fingerprint density at radius 2 is 1.02 bits per heavy atom. The Morgan fingerprint density at radius 3 is 1.54 bits per heavy atom. The van der Waals surface area contributed by atoms with Crippen molar-refractivity contribution in [3.8, 4) is 0 Å². The molecule has 0 aromatic carbocycles. The zero-order valence-corrected chi connectivity index (χ0v) is 37.5. The third-order valence-electron chi connectivity index (χ3n) is 9.34. The second-order valence-electron chi connectivity index (χ2n) is 16.0. The SMILES string of the molecule is CC/C=C/C/C=C/C/C=C/CCCCCCCC(=O)O[C@H](COC(=O)CCCCCCCCC/C=C/CCCCCCCC)COP(=O)(O)OCC[N+](C)(C)C. The fourth-order valence-corrected chi connectivity index (χ4v) is 6.59. The van der Waals surface area contributed by atoms with Gasteiger partial charge in [-0.1, -0.05) is 146 Å². The Labute approximate surface area is 343 Å². The number of phosphoric acid groups is 1. The predicted octanol–water partition coefficient (Wildman–Crippen LogP) is 12.7. The highest BCUT2D eigenvalue weighted by Crippen LogP contribution is 2.43. The number of phosphoric ester groups is 1. The molecule has 0 bridgehead atoms. The number of nitrogens with zero attached hydrogens (tertiary/aromatic N) is 1. The summed E-state index contributed by atoms with van der Waals surface area (Å²) in [4.78, 5) is 35.4. The minimum Gasteiger partial charge on any atom is -0.462 e. The van der Waals surface area contributed by atoms with Crippen LogP contribution in [0.5, 0.6) is 0 Å². The van der Waals surface area contributed by atoms with Crippen molar-refractivity contribution in [2.24, 2.45) is 0 Å². The molecule has 0 aromatic heterocycles. The predicted molar refractivity (Wildman–Crippen MR) is 233 cm³/mol. The molecule has 10 heteroatoms. The number of hydrogen-bond donors (Lipinski definition) is 1. The van der Waals surface area contributed by atoms with Gasteiger partial charge in [-0.25, -0.2) is 4.57 Å². The molecule has 0 saturated carbocycles. The van der Waals surface area contributed by atoms with Gasteiger partial charge in [-0.2, -0.15) is 0 Å². The van der Waals surface area contributed by atoms with E-state index in [0.29, 0.717) is 17.4 Å². The zero-order valence-electron chi connectivity index (χ0n) is 36.6. The van der Waals surface area contributed by atoms with E-state index >= 15 is 0 Å². The van der Waals surface area contributed by atoms with E-state index in [2.05, 4.69) is 62.5 Å². The van der Waals surface area contributed by atoms with Crippen molar-refractivity contribution in [3.63, 3.8) is 0 Å². The van der Waals surface area contributed by atoms with Crippen molar-refractivity contribution in [1.29, 1.82) is 0 Å². The van der Waals surface area contributed by atoms with Gasteiger partial charge in [0, 0.05) is 12.8 Å². The van der Waals surface area contributed by atoms with E-state index in [1.807, 2.05) is 21.1 Å². The molecule has 0 radical (unpaired) electrons. The molecule has 0 heterocycles. The van der Waals surface area contributed by atoms with Gasteiger partial charge in [0.1, 0.15) is 19.8 Å². The van der Waals surface area contributed by atoms with Gasteiger partial charge in [-0.3, -0.25) is 18.6 Å². The highest BCUT2D eigenvalue weighted by Gasteiger charge is 2.27. The summed E-state index contributed by atoms with van der Waals surface area (Å²) in [6.07, 6.45) is 44.4. The van der Waals surface area contributed by atoms with Crippen molar-refractivity contribution in [2.75, 3.05) is 47.5 Å². The summed E-state index contributed by atoms with van der Waals surface area (Å²) in [5, 5.41) is 0. The Balaban J connectivity index is 4.37. The lowest BCUT2D eigenvalue weighted by Crippen LogP contribution is -2.37. The van der Waals surface area contributed by atoms with Gasteiger partial charge in [0.25, 0.3) is 0 Å². The first-order valence-corrected chi connectivity index (χ1v) is 23.9. The Hall–Kier alpha value is -2.03. The highest BCUT2D eigenvalue weighted by atomic mass is 31.2. The van der Waals surface area contributed by atoms with Crippen LogP contribution in [0.25, 0.3) is 0 Å². The quantitative estimate of drug-likeness (QED) is 0.0214. The largest absolute Gasteiger partial charge is 0.472 e. The van der Waals surface area contributed by atoms with Crippen molar-refractivity contribution in [3.05, 3.63) is 48.6 Å². The smallest absolute Gasteiger partial charge is 0.462 e. The van der Waals surface area contributed by atoms with Gasteiger partial charge in [0.05, 0.1) is 27.7 Å². The Bertz CT molecular complexity index is 1100. The summed E-state index contributed by atoms with van der Waals surface area (Å²) in [6, 6.07) is 0. The maximum Gasteiger partial charge on any atom is 0.472 e. The number of quaternary nitrogens is 1. The van der Waals surface area contributed by atoms with Crippen LogP contribution in [0.3, 0.4) is 0 Å². The standard InChI is InChI=1S/C46H84NO8P/c1-6-8-10-12-14-16-18-20-22-23-25-26-28-30-32-34-36-38-45(48)52-42-44(43-54-56(50,51)53-41-40-47(3,4)5)55-46(49)39-37-35-33-31-29-27-24-21-19-17-15-13-11-9-7-2/h9,11,15,17,20-22,24,44H,6-8,10,12-14,16,18-19,23,25-43H2,1-5H3/p+1/b11-9+,17-15+,22-20+,24-21+/t44-/m1/s1. The maximum absolute atomic E-state index is 12.7. The van der Waals surface area contributed by atoms with Crippen LogP contribution in [0.4, 0.5) is 0 Å². The molecule has 56 heavy (non-hydrogen) atoms. The van der Waals surface area contributed by atoms with Crippen LogP contribution in [-0.2, 0) is 32.7 Å². The lowest BCUT2D eigenvalue weighted by atomic mass is 10.1. The molecule has 0 rings (SSSR count). The first-order chi connectivity index (χ1) is 27.0. The molecule has 0 aliphatic rings. The fraction of sp³-hybridized carbons (Fsp3) is 0.783. The monoisotopic (exact) mass is 811 g/mol. The molecule has 0 aliphatic heterocycles. The van der Waals surface area contributed by atoms with Crippen molar-refractivity contribution in [2.45, 2.75) is 187 Å². The summed E-state index contributed by atoms with van der Waals surface area (Å²) in [7, 11) is 1.46. The van der Waals surface area contributed by atoms with Crippen LogP contribution in [-0.4, -0.2) is 74.9 Å². The number of carbonyl (C=O) groups excluding carboxylic acids is 2. The number of hydrogen-bond acceptors (Lipinski definition) is 7. The molecule has 0 fully saturated rings. The van der Waals surface area contributed by atoms with Crippen LogP contribution >= 0.6 is 7.82 Å². The number of allylic oxidation sites excluding steroid dienone is 8. The van der Waals surface area contributed by atoms with E-state index in [4.69, 9.17) is 18.5 Å². The molecule has 0 aliphatic carbocycles. The zero-order chi connectivity index (χ0) is 41.4. The minimum absolute atomic E-state index is 0.0260. The molecule has 0 saturated heterocycles. The fourth-order valence-electron chi connectivity index (χ4n) is 5.85. The summed E-state index contributed by atoms with van der Waals surface area (Å²) in [5.74, 6) is -0.824. The summed E-state index contributed by atoms with van der Waals surface area (Å²) >= 11 is 0. The molecule has 0 aromatic rings. The van der Waals surface area contributed by atoms with E-state index < -0.39 is 26.5 Å². The number of likely N-dealkylation sites (N-methyl/N-ethyl adjacent to an activating group) is 1. The van der Waals surface area contributed by atoms with Crippen molar-refractivity contribution < 1.29 is 42.1 Å². The first kappa shape index (κ1) is 54.0. The van der Waals surface area contributed by atoms with Crippen LogP contribution in [0.15, 0.2) is 48.6 Å². The van der Waals surface area contributed by atoms with Gasteiger partial charge in [0.15, 0.2) is 6.10 Å². The minimum atomic E-state index is -4.38. The molecule has 2 atom stereocenters. The molecule has 9 nitrogen and oxygen atoms in total. The Kier molecular flexibility index (Phi) is 37.1. The summed E-state index contributed by atoms with van der Waals surface area (Å²) in [6.45, 7) is 4.28. The van der Waals surface area contributed by atoms with Gasteiger partial charge in [-0.05, 0) is 70.6 Å². The van der Waals surface area contributed by atoms with E-state index in [0.717, 1.165) is 83.5 Å². The van der Waals surface area contributed by atoms with Gasteiger partial charge >= 0.3 is 19.8 Å². The topological polar surface area (TPSA) is 108 Å². The number of carbonyl (C=O) groups is 2. The van der Waals surface area contributed by atoms with Crippen LogP contribution < -0.4 is 0 Å². The lowest BCUT2D eigenvalue weighted by Gasteiger charge is -2.24. The van der Waals surface area contributed by atoms with E-state index in [-0.39, 0.29) is 32.0 Å². The number of rotatable bonds is 40. The van der Waals surface area contributed by atoms with Crippen LogP contribution in [0.2, 0.25) is 0 Å². The van der Waals surface area contributed by atoms with Crippen LogP contribution in [0.1, 0.15) is 181 Å². The van der Waals surface area contributed by atoms with E-state index in [1.165, 1.54) is 64.2 Å². The maximum atomic E-state index is 12.7. The number of unbranched alkanes of at least 4 members (excludes halogenated alkanes) is 18. The van der Waals surface area contributed by atoms with Crippen LogP contribution in [0, 0.1) is 0 Å². The van der Waals surface area contributed by atoms with E-state index in [9.17, 15) is 19.0 Å². The van der Waals surface area contributed by atoms with Gasteiger partial charge < -0.3 is 18.9 Å². The molecular formula is C46H85NO8P+. The molecule has 1 unspecified atom stereocenters. The molecular weight excluding hydrogens is 725 g/mol. The second-order valence-corrected chi connectivity index (χ2v) is 17.5. The first-order valence-electron chi connectivity index (χ1n) is 22.4. The van der Waals surface area contributed by atoms with E-state index in [1.54, 1.807) is 0 Å². The van der Waals surface area contributed by atoms with Gasteiger partial charge in [-0.15, -0.1) is 0 Å². The van der Waals surface area contributed by atoms with Crippen molar-refractivity contribution in [1.82, 2.24) is 0 Å². The number of ether oxygens (including phenoxy) is 2. The molecule has 326 valence electrons. The third-order valence-corrected chi connectivity index (χ3v) is 10.3. The lowest BCUT2D eigenvalue weighted by molar-refractivity contribution is -0.870. The Morgan fingerprint density at radius 1 is 0.571 bits per heavy atom. The average Bonchev–Trinajstić information content (AvgIpc) is 3.15. The normalized spacial score (nSPS) is 14.0. The highest BCUT2D eigenvalue weighted by molar-refractivity contribution is 7.47. The molecule has 0 spiro atoms. The van der Waals surface area contributed by atoms with Gasteiger partial charge in [0.2, 0.25) is 0 Å². The second kappa shape index (κ2) is 38.5. The average molecular weight is 811 g/mol. The third kappa shape index (κ3) is 41.6. The molecule has 1 N–H and O–H groups in total. The van der Waals surface area contributed by atoms with Crippen molar-refractivity contribution >= 4 is 19.8 Å². The molecule has 0 amide bonds. The number of esters is 2. The summed E-state index contributed by atoms with van der Waals surface area (Å²) < 4.78 is 34.3. The summed E-state index contributed by atoms with van der Waals surface area (Å²) in [5.41, 5.74) is 0.